The standard InChI is InChI=1S/C14H10ClNO3S/c1-8-2-4-12(15)10(6-8)9-3-5-13-11(7-9)14(17)16-20(13,18)19/h2-7H,1H3,(H,16,17). The summed E-state index contributed by atoms with van der Waals surface area (Å²) >= 11 is 6.16. The van der Waals surface area contributed by atoms with E-state index in [2.05, 4.69) is 0 Å². The molecule has 1 aliphatic heterocycles. The Bertz CT molecular complexity index is 843. The van der Waals surface area contributed by atoms with Crippen molar-refractivity contribution < 1.29 is 13.2 Å². The highest BCUT2D eigenvalue weighted by atomic mass is 35.5. The summed E-state index contributed by atoms with van der Waals surface area (Å²) in [6.07, 6.45) is 0. The first-order valence-corrected chi connectivity index (χ1v) is 7.72. The molecule has 20 heavy (non-hydrogen) atoms. The zero-order valence-electron chi connectivity index (χ0n) is 10.5. The van der Waals surface area contributed by atoms with Crippen molar-refractivity contribution in [1.29, 1.82) is 0 Å². The molecule has 0 radical (unpaired) electrons. The molecular weight excluding hydrogens is 298 g/mol. The second-order valence-corrected chi connectivity index (χ2v) is 6.69. The van der Waals surface area contributed by atoms with Crippen LogP contribution >= 0.6 is 11.6 Å². The fraction of sp³-hybridized carbons (Fsp3) is 0.0714. The molecule has 0 saturated carbocycles. The molecule has 0 spiro atoms. The van der Waals surface area contributed by atoms with Gasteiger partial charge in [0.15, 0.2) is 0 Å². The number of sulfonamides is 1. The van der Waals surface area contributed by atoms with E-state index in [1.165, 1.54) is 6.07 Å². The zero-order valence-corrected chi connectivity index (χ0v) is 12.0. The molecule has 1 heterocycles. The van der Waals surface area contributed by atoms with Crippen molar-refractivity contribution in [2.24, 2.45) is 0 Å². The maximum absolute atomic E-state index is 11.7. The number of carbonyl (C=O) groups is 1. The van der Waals surface area contributed by atoms with Crippen molar-refractivity contribution >= 4 is 27.5 Å². The van der Waals surface area contributed by atoms with Crippen molar-refractivity contribution in [2.45, 2.75) is 11.8 Å². The number of aryl methyl sites for hydroxylation is 1. The molecule has 2 aromatic rings. The van der Waals surface area contributed by atoms with Crippen LogP contribution in [0.4, 0.5) is 0 Å². The molecule has 0 aromatic heterocycles. The van der Waals surface area contributed by atoms with Gasteiger partial charge in [-0.15, -0.1) is 0 Å². The van der Waals surface area contributed by atoms with Crippen molar-refractivity contribution in [3.8, 4) is 11.1 Å². The highest BCUT2D eigenvalue weighted by molar-refractivity contribution is 7.90. The molecule has 0 fully saturated rings. The van der Waals surface area contributed by atoms with Crippen molar-refractivity contribution in [2.75, 3.05) is 0 Å². The molecule has 0 aliphatic carbocycles. The second-order valence-electron chi connectivity index (χ2n) is 4.63. The van der Waals surface area contributed by atoms with Crippen LogP contribution in [0.3, 0.4) is 0 Å². The molecule has 0 bridgehead atoms. The van der Waals surface area contributed by atoms with Crippen molar-refractivity contribution in [1.82, 2.24) is 4.72 Å². The van der Waals surface area contributed by atoms with Gasteiger partial charge in [0.2, 0.25) is 0 Å². The van der Waals surface area contributed by atoms with Crippen LogP contribution in [0.25, 0.3) is 11.1 Å². The number of carbonyl (C=O) groups excluding carboxylic acids is 1. The molecule has 1 N–H and O–H groups in total. The van der Waals surface area contributed by atoms with Crippen LogP contribution in [0, 0.1) is 6.92 Å². The van der Waals surface area contributed by atoms with Gasteiger partial charge >= 0.3 is 0 Å². The smallest absolute Gasteiger partial charge is 0.266 e. The van der Waals surface area contributed by atoms with Crippen molar-refractivity contribution in [3.63, 3.8) is 0 Å². The quantitative estimate of drug-likeness (QED) is 0.881. The van der Waals surface area contributed by atoms with Crippen LogP contribution in [0.15, 0.2) is 41.3 Å². The first-order valence-electron chi connectivity index (χ1n) is 5.86. The highest BCUT2D eigenvalue weighted by Gasteiger charge is 2.32. The Morgan fingerprint density at radius 2 is 1.80 bits per heavy atom. The lowest BCUT2D eigenvalue weighted by molar-refractivity contribution is 0.0985. The normalized spacial score (nSPS) is 15.8. The van der Waals surface area contributed by atoms with Gasteiger partial charge in [0.05, 0.1) is 5.56 Å². The fourth-order valence-corrected chi connectivity index (χ4v) is 3.58. The Hall–Kier alpha value is -1.85. The fourth-order valence-electron chi connectivity index (χ4n) is 2.20. The van der Waals surface area contributed by atoms with E-state index in [0.29, 0.717) is 10.6 Å². The summed E-state index contributed by atoms with van der Waals surface area (Å²) in [5, 5.41) is 0.553. The molecule has 0 atom stereocenters. The Kier molecular flexibility index (Phi) is 2.84. The number of fused-ring (bicyclic) bond motifs is 1. The molecule has 6 heteroatoms. The van der Waals surface area contributed by atoms with Gasteiger partial charge in [0.25, 0.3) is 15.9 Å². The summed E-state index contributed by atoms with van der Waals surface area (Å²) in [6.45, 7) is 1.93. The minimum absolute atomic E-state index is 0.00928. The number of benzene rings is 2. The molecule has 102 valence electrons. The van der Waals surface area contributed by atoms with E-state index in [0.717, 1.165) is 11.1 Å². The predicted molar refractivity (Wildman–Crippen MR) is 76.3 cm³/mol. The highest BCUT2D eigenvalue weighted by Crippen LogP contribution is 2.32. The second kappa shape index (κ2) is 4.33. The lowest BCUT2D eigenvalue weighted by Gasteiger charge is -2.07. The van der Waals surface area contributed by atoms with E-state index >= 15 is 0 Å². The lowest BCUT2D eigenvalue weighted by Crippen LogP contribution is -2.20. The summed E-state index contributed by atoms with van der Waals surface area (Å²) in [4.78, 5) is 11.7. The van der Waals surface area contributed by atoms with Gasteiger partial charge in [0.1, 0.15) is 4.90 Å². The van der Waals surface area contributed by atoms with Gasteiger partial charge in [-0.2, -0.15) is 0 Å². The molecule has 4 nitrogen and oxygen atoms in total. The average molecular weight is 308 g/mol. The summed E-state index contributed by atoms with van der Waals surface area (Å²) in [6, 6.07) is 10.2. The number of hydrogen-bond acceptors (Lipinski definition) is 3. The van der Waals surface area contributed by atoms with Crippen LogP contribution in [-0.2, 0) is 10.0 Å². The van der Waals surface area contributed by atoms with Crippen LogP contribution in [-0.4, -0.2) is 14.3 Å². The first kappa shape index (κ1) is 13.1. The number of rotatable bonds is 1. The molecule has 0 unspecified atom stereocenters. The molecule has 0 saturated heterocycles. The number of amides is 1. The van der Waals surface area contributed by atoms with E-state index in [4.69, 9.17) is 11.6 Å². The van der Waals surface area contributed by atoms with Gasteiger partial charge in [-0.1, -0.05) is 29.3 Å². The average Bonchev–Trinajstić information content (AvgIpc) is 2.62. The Morgan fingerprint density at radius 1 is 1.05 bits per heavy atom. The van der Waals surface area contributed by atoms with Crippen LogP contribution < -0.4 is 4.72 Å². The van der Waals surface area contributed by atoms with Crippen LogP contribution in [0.5, 0.6) is 0 Å². The maximum atomic E-state index is 11.7. The van der Waals surface area contributed by atoms with Gasteiger partial charge < -0.3 is 0 Å². The van der Waals surface area contributed by atoms with Gasteiger partial charge in [-0.3, -0.25) is 4.79 Å². The topological polar surface area (TPSA) is 63.2 Å². The zero-order chi connectivity index (χ0) is 14.5. The molecular formula is C14H10ClNO3S. The largest absolute Gasteiger partial charge is 0.268 e. The van der Waals surface area contributed by atoms with Crippen molar-refractivity contribution in [3.05, 3.63) is 52.5 Å². The first-order chi connectivity index (χ1) is 9.38. The van der Waals surface area contributed by atoms with E-state index in [-0.39, 0.29) is 10.5 Å². The number of halogens is 1. The van der Waals surface area contributed by atoms with Gasteiger partial charge in [-0.25, -0.2) is 13.1 Å². The monoisotopic (exact) mass is 307 g/mol. The SMILES string of the molecule is Cc1ccc(Cl)c(-c2ccc3c(c2)C(=O)NS3(=O)=O)c1. The maximum Gasteiger partial charge on any atom is 0.266 e. The predicted octanol–water partition coefficient (Wildman–Crippen LogP) is 2.75. The number of hydrogen-bond donors (Lipinski definition) is 1. The van der Waals surface area contributed by atoms with Crippen LogP contribution in [0.2, 0.25) is 5.02 Å². The van der Waals surface area contributed by atoms with Gasteiger partial charge in [-0.05, 0) is 36.8 Å². The molecule has 1 amide bonds. The van der Waals surface area contributed by atoms with E-state index < -0.39 is 15.9 Å². The minimum Gasteiger partial charge on any atom is -0.268 e. The Labute approximate surface area is 121 Å². The minimum atomic E-state index is -3.70. The van der Waals surface area contributed by atoms with E-state index in [1.54, 1.807) is 18.2 Å². The van der Waals surface area contributed by atoms with E-state index in [1.807, 2.05) is 23.8 Å². The summed E-state index contributed by atoms with van der Waals surface area (Å²) in [7, 11) is -3.70. The van der Waals surface area contributed by atoms with Crippen LogP contribution in [0.1, 0.15) is 15.9 Å². The lowest BCUT2D eigenvalue weighted by atomic mass is 10.0. The Morgan fingerprint density at radius 3 is 2.55 bits per heavy atom. The third kappa shape index (κ3) is 1.99. The molecule has 2 aromatic carbocycles. The summed E-state index contributed by atoms with van der Waals surface area (Å²) in [5.41, 5.74) is 2.67. The summed E-state index contributed by atoms with van der Waals surface area (Å²) < 4.78 is 25.3. The third-order valence-electron chi connectivity index (χ3n) is 3.17. The van der Waals surface area contributed by atoms with Gasteiger partial charge in [0, 0.05) is 10.6 Å². The molecule has 3 rings (SSSR count). The Balaban J connectivity index is 2.22. The van der Waals surface area contributed by atoms with E-state index in [9.17, 15) is 13.2 Å². The number of nitrogens with one attached hydrogen (secondary N) is 1. The molecule has 1 aliphatic rings. The summed E-state index contributed by atoms with van der Waals surface area (Å²) in [5.74, 6) is -0.606. The third-order valence-corrected chi connectivity index (χ3v) is 4.89.